The van der Waals surface area contributed by atoms with Crippen molar-refractivity contribution < 1.29 is 23.9 Å². The minimum absolute atomic E-state index is 0.00442. The van der Waals surface area contributed by atoms with Gasteiger partial charge in [0, 0.05) is 12.3 Å². The molecular weight excluding hydrogens is 420 g/mol. The zero-order chi connectivity index (χ0) is 24.0. The number of ketones is 2. The first-order valence-electron chi connectivity index (χ1n) is 11.2. The summed E-state index contributed by atoms with van der Waals surface area (Å²) in [6, 6.07) is 15.4. The number of ether oxygens (including phenoxy) is 2. The van der Waals surface area contributed by atoms with E-state index in [0.29, 0.717) is 25.2 Å². The Morgan fingerprint density at radius 2 is 1.67 bits per heavy atom. The van der Waals surface area contributed by atoms with Crippen LogP contribution in [0.2, 0.25) is 0 Å². The van der Waals surface area contributed by atoms with E-state index >= 15 is 0 Å². The number of methoxy groups -OCH3 is 1. The van der Waals surface area contributed by atoms with Gasteiger partial charge in [0.2, 0.25) is 5.91 Å². The van der Waals surface area contributed by atoms with Crippen LogP contribution in [0.25, 0.3) is 0 Å². The third kappa shape index (κ3) is 6.73. The third-order valence-corrected chi connectivity index (χ3v) is 5.98. The van der Waals surface area contributed by atoms with Crippen LogP contribution in [0.3, 0.4) is 0 Å². The number of benzene rings is 2. The van der Waals surface area contributed by atoms with E-state index in [2.05, 4.69) is 5.32 Å². The van der Waals surface area contributed by atoms with Crippen molar-refractivity contribution in [2.45, 2.75) is 50.8 Å². The summed E-state index contributed by atoms with van der Waals surface area (Å²) in [6.07, 6.45) is 0.685. The van der Waals surface area contributed by atoms with Crippen LogP contribution in [0.1, 0.15) is 31.4 Å². The normalized spacial score (nSPS) is 19.8. The second kappa shape index (κ2) is 10.7. The molecule has 1 saturated heterocycles. The Bertz CT molecular complexity index is 968. The van der Waals surface area contributed by atoms with Gasteiger partial charge in [0.25, 0.3) is 0 Å². The molecule has 0 aliphatic carbocycles. The molecule has 1 amide bonds. The quantitative estimate of drug-likeness (QED) is 0.478. The highest BCUT2D eigenvalue weighted by atomic mass is 16.6. The lowest BCUT2D eigenvalue weighted by Crippen LogP contribution is -2.50. The highest BCUT2D eigenvalue weighted by molar-refractivity contribution is 5.97. The molecule has 1 heterocycles. The van der Waals surface area contributed by atoms with Gasteiger partial charge >= 0.3 is 0 Å². The van der Waals surface area contributed by atoms with Gasteiger partial charge in [-0.15, -0.1) is 0 Å². The fourth-order valence-corrected chi connectivity index (χ4v) is 3.70. The molecule has 4 atom stereocenters. The van der Waals surface area contributed by atoms with E-state index in [4.69, 9.17) is 15.2 Å². The van der Waals surface area contributed by atoms with Gasteiger partial charge < -0.3 is 20.5 Å². The van der Waals surface area contributed by atoms with Crippen molar-refractivity contribution in [3.63, 3.8) is 0 Å². The van der Waals surface area contributed by atoms with Crippen molar-refractivity contribution in [2.24, 2.45) is 11.7 Å². The molecule has 2 unspecified atom stereocenters. The Balaban J connectivity index is 1.79. The Morgan fingerprint density at radius 3 is 2.21 bits per heavy atom. The number of carbonyl (C=O) groups excluding carboxylic acids is 3. The van der Waals surface area contributed by atoms with Crippen molar-refractivity contribution in [3.8, 4) is 5.75 Å². The summed E-state index contributed by atoms with van der Waals surface area (Å²) in [5, 5.41) is 2.91. The van der Waals surface area contributed by atoms with Gasteiger partial charge in [-0.2, -0.15) is 0 Å². The van der Waals surface area contributed by atoms with Gasteiger partial charge in [-0.3, -0.25) is 14.4 Å². The molecule has 1 aliphatic rings. The molecule has 0 radical (unpaired) electrons. The maximum absolute atomic E-state index is 13.4. The van der Waals surface area contributed by atoms with Gasteiger partial charge in [0.15, 0.2) is 5.78 Å². The number of Topliss-reactive ketones (excluding diaryl/α,β-unsaturated/α-hetero) is 2. The Kier molecular flexibility index (Phi) is 8.00. The molecule has 7 heteroatoms. The predicted molar refractivity (Wildman–Crippen MR) is 125 cm³/mol. The van der Waals surface area contributed by atoms with Gasteiger partial charge in [0.1, 0.15) is 17.1 Å². The molecule has 3 rings (SSSR count). The first-order chi connectivity index (χ1) is 15.7. The second-order valence-electron chi connectivity index (χ2n) is 8.84. The SMILES string of the molecule is COc1ccc(CC(CC(=O)[C@H](C)N)C(=O)NC(Cc2ccccc2)C(=O)[C@@]2(C)CO2)cc1. The van der Waals surface area contributed by atoms with Gasteiger partial charge in [-0.05, 0) is 49.9 Å². The molecule has 0 aromatic heterocycles. The summed E-state index contributed by atoms with van der Waals surface area (Å²) in [6.45, 7) is 3.68. The van der Waals surface area contributed by atoms with E-state index in [1.54, 1.807) is 21.0 Å². The second-order valence-corrected chi connectivity index (χ2v) is 8.84. The van der Waals surface area contributed by atoms with Gasteiger partial charge in [-0.1, -0.05) is 42.5 Å². The molecule has 0 bridgehead atoms. The van der Waals surface area contributed by atoms with Crippen LogP contribution in [-0.2, 0) is 32.0 Å². The molecule has 0 saturated carbocycles. The Morgan fingerprint density at radius 1 is 1.06 bits per heavy atom. The van der Waals surface area contributed by atoms with Crippen LogP contribution in [0.4, 0.5) is 0 Å². The van der Waals surface area contributed by atoms with Crippen LogP contribution < -0.4 is 15.8 Å². The maximum atomic E-state index is 13.4. The highest BCUT2D eigenvalue weighted by Crippen LogP contribution is 2.29. The molecule has 176 valence electrons. The van der Waals surface area contributed by atoms with Crippen LogP contribution >= 0.6 is 0 Å². The molecule has 2 aromatic carbocycles. The van der Waals surface area contributed by atoms with Gasteiger partial charge in [0.05, 0.1) is 25.8 Å². The molecule has 1 aliphatic heterocycles. The minimum atomic E-state index is -0.875. The third-order valence-electron chi connectivity index (χ3n) is 5.98. The lowest BCUT2D eigenvalue weighted by atomic mass is 9.90. The van der Waals surface area contributed by atoms with Gasteiger partial charge in [-0.25, -0.2) is 0 Å². The van der Waals surface area contributed by atoms with Crippen LogP contribution in [0.15, 0.2) is 54.6 Å². The largest absolute Gasteiger partial charge is 0.497 e. The maximum Gasteiger partial charge on any atom is 0.224 e. The van der Waals surface area contributed by atoms with E-state index in [1.165, 1.54) is 0 Å². The average molecular weight is 453 g/mol. The number of amides is 1. The molecule has 33 heavy (non-hydrogen) atoms. The number of nitrogens with one attached hydrogen (secondary N) is 1. The number of hydrogen-bond acceptors (Lipinski definition) is 6. The van der Waals surface area contributed by atoms with Crippen LogP contribution in [0, 0.1) is 5.92 Å². The number of carbonyl (C=O) groups is 3. The summed E-state index contributed by atoms with van der Waals surface area (Å²) in [5.41, 5.74) is 6.70. The first-order valence-corrected chi connectivity index (χ1v) is 11.2. The molecule has 3 N–H and O–H groups in total. The van der Waals surface area contributed by atoms with Crippen molar-refractivity contribution in [1.82, 2.24) is 5.32 Å². The van der Waals surface area contributed by atoms with Crippen LogP contribution in [0.5, 0.6) is 5.75 Å². The molecule has 0 spiro atoms. The molecular formula is C26H32N2O5. The Labute approximate surface area is 194 Å². The summed E-state index contributed by atoms with van der Waals surface area (Å²) < 4.78 is 10.5. The zero-order valence-corrected chi connectivity index (χ0v) is 19.4. The average Bonchev–Trinajstić information content (AvgIpc) is 3.57. The van der Waals surface area contributed by atoms with E-state index in [1.807, 2.05) is 54.6 Å². The molecule has 2 aromatic rings. The van der Waals surface area contributed by atoms with Crippen molar-refractivity contribution in [2.75, 3.05) is 13.7 Å². The van der Waals surface area contributed by atoms with E-state index in [0.717, 1.165) is 11.1 Å². The van der Waals surface area contributed by atoms with Crippen molar-refractivity contribution >= 4 is 17.5 Å². The lowest BCUT2D eigenvalue weighted by Gasteiger charge is -2.24. The van der Waals surface area contributed by atoms with Crippen molar-refractivity contribution in [3.05, 3.63) is 65.7 Å². The number of nitrogens with two attached hydrogens (primary N) is 1. The smallest absolute Gasteiger partial charge is 0.224 e. The van der Waals surface area contributed by atoms with E-state index in [-0.39, 0.29) is 23.9 Å². The van der Waals surface area contributed by atoms with Crippen molar-refractivity contribution in [1.29, 1.82) is 0 Å². The topological polar surface area (TPSA) is 111 Å². The molecule has 7 nitrogen and oxygen atoms in total. The van der Waals surface area contributed by atoms with E-state index < -0.39 is 23.6 Å². The zero-order valence-electron chi connectivity index (χ0n) is 19.4. The predicted octanol–water partition coefficient (Wildman–Crippen LogP) is 2.25. The molecule has 1 fully saturated rings. The van der Waals surface area contributed by atoms with Crippen LogP contribution in [-0.4, -0.2) is 48.9 Å². The summed E-state index contributed by atoms with van der Waals surface area (Å²) >= 11 is 0. The highest BCUT2D eigenvalue weighted by Gasteiger charge is 2.50. The first kappa shape index (κ1) is 24.6. The minimum Gasteiger partial charge on any atom is -0.497 e. The number of rotatable bonds is 12. The summed E-state index contributed by atoms with van der Waals surface area (Å²) in [4.78, 5) is 38.9. The fourth-order valence-electron chi connectivity index (χ4n) is 3.70. The fraction of sp³-hybridized carbons (Fsp3) is 0.423. The van der Waals surface area contributed by atoms with E-state index in [9.17, 15) is 14.4 Å². The monoisotopic (exact) mass is 452 g/mol. The Hall–Kier alpha value is -3.03. The summed E-state index contributed by atoms with van der Waals surface area (Å²) in [7, 11) is 1.58. The number of epoxide rings is 1. The number of hydrogen-bond donors (Lipinski definition) is 2. The standard InChI is InChI=1S/C26H32N2O5/c1-17(27)23(29)15-20(13-19-9-11-21(32-3)12-10-19)25(31)28-22(24(30)26(2)16-33-26)14-18-7-5-4-6-8-18/h4-12,17,20,22H,13-16,27H2,1-3H3,(H,28,31)/t17-,20?,22?,26+/m0/s1. The lowest BCUT2D eigenvalue weighted by molar-refractivity contribution is -0.133. The summed E-state index contributed by atoms with van der Waals surface area (Å²) in [5.74, 6) is -0.666.